The molecule has 4 aromatic rings. The number of piperidine rings is 1. The van der Waals surface area contributed by atoms with Gasteiger partial charge in [-0.05, 0) is 44.0 Å². The Kier molecular flexibility index (Phi) is 9.13. The summed E-state index contributed by atoms with van der Waals surface area (Å²) >= 11 is 6.19. The molecule has 43 heavy (non-hydrogen) atoms. The molecular weight excluding hydrogens is 584 g/mol. The Morgan fingerprint density at radius 2 is 2.07 bits per heavy atom. The quantitative estimate of drug-likeness (QED) is 0.275. The maximum Gasteiger partial charge on any atom is 0.387 e. The Morgan fingerprint density at radius 3 is 2.81 bits per heavy atom. The predicted octanol–water partition coefficient (Wildman–Crippen LogP) is 3.84. The second-order valence-electron chi connectivity index (χ2n) is 10.1. The van der Waals surface area contributed by atoms with E-state index in [2.05, 4.69) is 31.9 Å². The highest BCUT2D eigenvalue weighted by Gasteiger charge is 2.26. The van der Waals surface area contributed by atoms with Crippen LogP contribution in [-0.4, -0.2) is 73.4 Å². The van der Waals surface area contributed by atoms with Gasteiger partial charge >= 0.3 is 6.61 Å². The lowest BCUT2D eigenvalue weighted by atomic mass is 10.0. The number of nitriles is 1. The Morgan fingerprint density at radius 1 is 1.28 bits per heavy atom. The molecule has 224 valence electrons. The molecule has 1 aliphatic heterocycles. The zero-order valence-corrected chi connectivity index (χ0v) is 23.8. The second-order valence-corrected chi connectivity index (χ2v) is 10.5. The molecule has 0 aliphatic carbocycles. The van der Waals surface area contributed by atoms with Crippen molar-refractivity contribution < 1.29 is 23.1 Å². The molecule has 1 aromatic carbocycles. The summed E-state index contributed by atoms with van der Waals surface area (Å²) in [4.78, 5) is 32.4. The molecule has 1 saturated heterocycles. The van der Waals surface area contributed by atoms with E-state index in [1.165, 1.54) is 46.0 Å². The number of amides is 2. The fourth-order valence-electron chi connectivity index (χ4n) is 4.82. The van der Waals surface area contributed by atoms with Gasteiger partial charge in [0, 0.05) is 54.9 Å². The van der Waals surface area contributed by atoms with E-state index in [1.54, 1.807) is 17.2 Å². The van der Waals surface area contributed by atoms with E-state index >= 15 is 0 Å². The SMILES string of the molecule is CC(C#N)CNC1CCN(C(=O)Cn2cc(NC(=O)c3cnn4cccnc34)c(-c3cc(Cl)ccc3OC(F)F)n2)CC1. The van der Waals surface area contributed by atoms with Crippen LogP contribution in [0.2, 0.25) is 5.02 Å². The van der Waals surface area contributed by atoms with Crippen LogP contribution < -0.4 is 15.4 Å². The average Bonchev–Trinajstić information content (AvgIpc) is 3.60. The first kappa shape index (κ1) is 29.9. The first-order valence-corrected chi connectivity index (χ1v) is 13.9. The van der Waals surface area contributed by atoms with Crippen molar-refractivity contribution in [1.82, 2.24) is 34.6 Å². The van der Waals surface area contributed by atoms with Gasteiger partial charge in [-0.1, -0.05) is 11.6 Å². The minimum absolute atomic E-state index is 0.0817. The number of halogens is 3. The molecule has 1 aliphatic rings. The van der Waals surface area contributed by atoms with Gasteiger partial charge in [-0.2, -0.15) is 24.2 Å². The third kappa shape index (κ3) is 7.07. The maximum atomic E-state index is 13.3. The van der Waals surface area contributed by atoms with Gasteiger partial charge in [-0.15, -0.1) is 0 Å². The van der Waals surface area contributed by atoms with E-state index in [-0.39, 0.29) is 57.7 Å². The van der Waals surface area contributed by atoms with E-state index in [0.29, 0.717) is 25.3 Å². The molecular formula is C28H28ClF2N9O3. The van der Waals surface area contributed by atoms with E-state index < -0.39 is 12.5 Å². The summed E-state index contributed by atoms with van der Waals surface area (Å²) < 4.78 is 34.0. The second kappa shape index (κ2) is 13.1. The minimum atomic E-state index is -3.12. The largest absolute Gasteiger partial charge is 0.434 e. The topological polar surface area (TPSA) is 142 Å². The van der Waals surface area contributed by atoms with E-state index in [1.807, 2.05) is 6.92 Å². The van der Waals surface area contributed by atoms with Crippen molar-refractivity contribution in [2.24, 2.45) is 5.92 Å². The number of rotatable bonds is 10. The number of hydrogen-bond donors (Lipinski definition) is 2. The van der Waals surface area contributed by atoms with Gasteiger partial charge in [0.05, 0.1) is 23.9 Å². The lowest BCUT2D eigenvalue weighted by Crippen LogP contribution is -2.46. The average molecular weight is 612 g/mol. The van der Waals surface area contributed by atoms with Crippen molar-refractivity contribution in [3.05, 3.63) is 59.6 Å². The van der Waals surface area contributed by atoms with Gasteiger partial charge in [0.15, 0.2) is 5.65 Å². The molecule has 15 heteroatoms. The molecule has 4 heterocycles. The van der Waals surface area contributed by atoms with Crippen molar-refractivity contribution in [2.45, 2.75) is 39.0 Å². The van der Waals surface area contributed by atoms with Crippen molar-refractivity contribution in [2.75, 3.05) is 25.0 Å². The van der Waals surface area contributed by atoms with Gasteiger partial charge in [0.2, 0.25) is 5.91 Å². The fraction of sp³-hybridized carbons (Fsp3) is 0.357. The zero-order chi connectivity index (χ0) is 30.5. The number of aromatic nitrogens is 5. The number of ether oxygens (including phenoxy) is 1. The highest BCUT2D eigenvalue weighted by Crippen LogP contribution is 2.37. The Bertz CT molecular complexity index is 1660. The summed E-state index contributed by atoms with van der Waals surface area (Å²) in [6.45, 7) is 0.213. The molecule has 0 bridgehead atoms. The highest BCUT2D eigenvalue weighted by molar-refractivity contribution is 6.31. The molecule has 1 fully saturated rings. The fourth-order valence-corrected chi connectivity index (χ4v) is 4.99. The monoisotopic (exact) mass is 611 g/mol. The summed E-state index contributed by atoms with van der Waals surface area (Å²) in [7, 11) is 0. The molecule has 0 spiro atoms. The number of benzene rings is 1. The number of carbonyl (C=O) groups excluding carboxylic acids is 2. The number of alkyl halides is 2. The van der Waals surface area contributed by atoms with Crippen LogP contribution in [0.3, 0.4) is 0 Å². The van der Waals surface area contributed by atoms with Crippen LogP contribution in [0.25, 0.3) is 16.9 Å². The van der Waals surface area contributed by atoms with Crippen LogP contribution in [0.4, 0.5) is 14.5 Å². The molecule has 1 atom stereocenters. The maximum absolute atomic E-state index is 13.3. The third-order valence-corrected chi connectivity index (χ3v) is 7.26. The van der Waals surface area contributed by atoms with Gasteiger partial charge in [-0.3, -0.25) is 14.3 Å². The summed E-state index contributed by atoms with van der Waals surface area (Å²) in [6.07, 6.45) is 7.44. The summed E-state index contributed by atoms with van der Waals surface area (Å²) in [5.74, 6) is -1.07. The van der Waals surface area contributed by atoms with E-state index in [0.717, 1.165) is 12.8 Å². The van der Waals surface area contributed by atoms with Crippen LogP contribution >= 0.6 is 11.6 Å². The van der Waals surface area contributed by atoms with Crippen LogP contribution in [0.15, 0.2) is 49.1 Å². The number of nitrogens with zero attached hydrogens (tertiary/aromatic N) is 7. The van der Waals surface area contributed by atoms with Crippen LogP contribution in [0, 0.1) is 17.2 Å². The number of likely N-dealkylation sites (tertiary alicyclic amines) is 1. The molecule has 0 radical (unpaired) electrons. The first-order chi connectivity index (χ1) is 20.7. The smallest absolute Gasteiger partial charge is 0.387 e. The lowest BCUT2D eigenvalue weighted by Gasteiger charge is -2.32. The van der Waals surface area contributed by atoms with Crippen LogP contribution in [0.1, 0.15) is 30.1 Å². The Labute approximate surface area is 250 Å². The Balaban J connectivity index is 1.39. The molecule has 2 N–H and O–H groups in total. The molecule has 0 saturated carbocycles. The number of fused-ring (bicyclic) bond motifs is 1. The first-order valence-electron chi connectivity index (χ1n) is 13.5. The standard InChI is InChI=1S/C28H28ClF2N9O3/c1-17(12-32)13-34-19-5-9-38(10-6-19)24(41)16-39-15-22(36-27(42)21-14-35-40-8-2-7-33-26(21)40)25(37-39)20-11-18(29)3-4-23(20)43-28(30)31/h2-4,7-8,11,14-15,17,19,28,34H,5-6,9-10,13,16H2,1H3,(H,36,42). The highest BCUT2D eigenvalue weighted by atomic mass is 35.5. The van der Waals surface area contributed by atoms with Crippen LogP contribution in [0.5, 0.6) is 5.75 Å². The van der Waals surface area contributed by atoms with Gasteiger partial charge in [0.25, 0.3) is 5.91 Å². The van der Waals surface area contributed by atoms with Crippen molar-refractivity contribution in [3.8, 4) is 23.1 Å². The van der Waals surface area contributed by atoms with E-state index in [9.17, 15) is 18.4 Å². The van der Waals surface area contributed by atoms with Crippen molar-refractivity contribution in [1.29, 1.82) is 5.26 Å². The Hall–Kier alpha value is -4.61. The zero-order valence-electron chi connectivity index (χ0n) is 23.1. The summed E-state index contributed by atoms with van der Waals surface area (Å²) in [6, 6.07) is 8.15. The number of hydrogen-bond acceptors (Lipinski definition) is 8. The van der Waals surface area contributed by atoms with Crippen LogP contribution in [-0.2, 0) is 11.3 Å². The molecule has 12 nitrogen and oxygen atoms in total. The summed E-state index contributed by atoms with van der Waals surface area (Å²) in [5.41, 5.74) is 0.813. The van der Waals surface area contributed by atoms with E-state index in [4.69, 9.17) is 21.6 Å². The summed E-state index contributed by atoms with van der Waals surface area (Å²) in [5, 5.41) is 24.0. The van der Waals surface area contributed by atoms with Gasteiger partial charge in [-0.25, -0.2) is 9.50 Å². The lowest BCUT2D eigenvalue weighted by molar-refractivity contribution is -0.133. The minimum Gasteiger partial charge on any atom is -0.434 e. The number of nitrogens with one attached hydrogen (secondary N) is 2. The molecule has 3 aromatic heterocycles. The third-order valence-electron chi connectivity index (χ3n) is 7.02. The molecule has 5 rings (SSSR count). The normalized spacial score (nSPS) is 14.6. The molecule has 2 amide bonds. The predicted molar refractivity (Wildman–Crippen MR) is 153 cm³/mol. The van der Waals surface area contributed by atoms with Gasteiger partial charge in [0.1, 0.15) is 23.6 Å². The number of carbonyl (C=O) groups is 2. The van der Waals surface area contributed by atoms with Crippen molar-refractivity contribution in [3.63, 3.8) is 0 Å². The molecule has 1 unspecified atom stereocenters. The number of anilines is 1. The van der Waals surface area contributed by atoms with Crippen molar-refractivity contribution >= 4 is 34.7 Å². The van der Waals surface area contributed by atoms with Gasteiger partial charge < -0.3 is 20.3 Å².